The molecule has 0 aliphatic carbocycles. The van der Waals surface area contributed by atoms with E-state index in [0.717, 1.165) is 42.8 Å². The molecule has 0 bridgehead atoms. The van der Waals surface area contributed by atoms with Crippen LogP contribution in [0.15, 0.2) is 34.9 Å². The van der Waals surface area contributed by atoms with Crippen LogP contribution >= 0.6 is 11.6 Å². The van der Waals surface area contributed by atoms with Crippen LogP contribution < -0.4 is 0 Å². The Bertz CT molecular complexity index is 668. The molecule has 1 aliphatic heterocycles. The SMILES string of the molecule is CCc1cc([C@H]2CCCN2C(=O)Cc2cccc(Cl)c2)on1. The summed E-state index contributed by atoms with van der Waals surface area (Å²) in [6.07, 6.45) is 3.13. The van der Waals surface area contributed by atoms with Crippen LogP contribution in [0.4, 0.5) is 0 Å². The van der Waals surface area contributed by atoms with Gasteiger partial charge in [0.25, 0.3) is 0 Å². The third kappa shape index (κ3) is 3.17. The second kappa shape index (κ2) is 6.53. The first-order valence-electron chi connectivity index (χ1n) is 7.66. The molecule has 5 heteroatoms. The van der Waals surface area contributed by atoms with E-state index >= 15 is 0 Å². The van der Waals surface area contributed by atoms with Crippen molar-refractivity contribution in [3.8, 4) is 0 Å². The summed E-state index contributed by atoms with van der Waals surface area (Å²) in [5, 5.41) is 4.70. The van der Waals surface area contributed by atoms with E-state index in [0.29, 0.717) is 11.4 Å². The lowest BCUT2D eigenvalue weighted by atomic mass is 10.1. The topological polar surface area (TPSA) is 46.3 Å². The van der Waals surface area contributed by atoms with Gasteiger partial charge < -0.3 is 9.42 Å². The van der Waals surface area contributed by atoms with Gasteiger partial charge in [0, 0.05) is 17.6 Å². The average molecular weight is 319 g/mol. The molecule has 2 heterocycles. The normalized spacial score (nSPS) is 17.9. The van der Waals surface area contributed by atoms with Crippen molar-refractivity contribution in [2.75, 3.05) is 6.54 Å². The maximum atomic E-state index is 12.6. The number of carbonyl (C=O) groups excluding carboxylic acids is 1. The number of carbonyl (C=O) groups is 1. The molecule has 0 unspecified atom stereocenters. The molecule has 4 nitrogen and oxygen atoms in total. The molecule has 22 heavy (non-hydrogen) atoms. The van der Waals surface area contributed by atoms with E-state index in [1.807, 2.05) is 42.2 Å². The Morgan fingerprint density at radius 3 is 3.05 bits per heavy atom. The number of nitrogens with zero attached hydrogens (tertiary/aromatic N) is 2. The Morgan fingerprint density at radius 1 is 1.45 bits per heavy atom. The molecular formula is C17H19ClN2O2. The Morgan fingerprint density at radius 2 is 2.32 bits per heavy atom. The molecule has 1 aliphatic rings. The van der Waals surface area contributed by atoms with Crippen LogP contribution in [0.1, 0.15) is 42.8 Å². The Hall–Kier alpha value is -1.81. The molecule has 1 atom stereocenters. The molecule has 116 valence electrons. The number of halogens is 1. The lowest BCUT2D eigenvalue weighted by Crippen LogP contribution is -2.31. The van der Waals surface area contributed by atoms with Gasteiger partial charge in [0.1, 0.15) is 0 Å². The van der Waals surface area contributed by atoms with Crippen molar-refractivity contribution in [1.82, 2.24) is 10.1 Å². The van der Waals surface area contributed by atoms with Crippen LogP contribution in [0.25, 0.3) is 0 Å². The highest BCUT2D eigenvalue weighted by Crippen LogP contribution is 2.33. The fourth-order valence-corrected chi connectivity index (χ4v) is 3.15. The summed E-state index contributed by atoms with van der Waals surface area (Å²) in [7, 11) is 0. The van der Waals surface area contributed by atoms with Gasteiger partial charge in [-0.05, 0) is 37.0 Å². The summed E-state index contributed by atoms with van der Waals surface area (Å²) in [4.78, 5) is 14.5. The van der Waals surface area contributed by atoms with E-state index in [1.165, 1.54) is 0 Å². The molecule has 2 aromatic rings. The molecule has 1 fully saturated rings. The highest BCUT2D eigenvalue weighted by atomic mass is 35.5. The van der Waals surface area contributed by atoms with Crippen LogP contribution in [-0.4, -0.2) is 22.5 Å². The van der Waals surface area contributed by atoms with Crippen LogP contribution in [0, 0.1) is 0 Å². The van der Waals surface area contributed by atoms with Gasteiger partial charge in [0.05, 0.1) is 18.2 Å². The first kappa shape index (κ1) is 15.1. The standard InChI is InChI=1S/C17H19ClN2O2/c1-2-14-11-16(22-19-14)15-7-4-8-20(15)17(21)10-12-5-3-6-13(18)9-12/h3,5-6,9,11,15H,2,4,7-8,10H2,1H3/t15-/m1/s1. The summed E-state index contributed by atoms with van der Waals surface area (Å²) in [5.41, 5.74) is 1.87. The molecule has 1 aromatic heterocycles. The number of amides is 1. The number of aromatic nitrogens is 1. The summed E-state index contributed by atoms with van der Waals surface area (Å²) in [6, 6.07) is 9.44. The third-order valence-corrected chi connectivity index (χ3v) is 4.32. The second-order valence-corrected chi connectivity index (χ2v) is 6.06. The van der Waals surface area contributed by atoms with E-state index in [9.17, 15) is 4.79 Å². The van der Waals surface area contributed by atoms with E-state index in [-0.39, 0.29) is 11.9 Å². The van der Waals surface area contributed by atoms with Gasteiger partial charge in [-0.2, -0.15) is 0 Å². The number of hydrogen-bond donors (Lipinski definition) is 0. The number of likely N-dealkylation sites (tertiary alicyclic amines) is 1. The van der Waals surface area contributed by atoms with Crippen LogP contribution in [0.2, 0.25) is 5.02 Å². The summed E-state index contributed by atoms with van der Waals surface area (Å²) < 4.78 is 5.42. The Kier molecular flexibility index (Phi) is 4.48. The van der Waals surface area contributed by atoms with Crippen LogP contribution in [-0.2, 0) is 17.6 Å². The molecule has 0 saturated carbocycles. The first-order chi connectivity index (χ1) is 10.7. The minimum atomic E-state index is 0.0134. The van der Waals surface area contributed by atoms with Crippen LogP contribution in [0.5, 0.6) is 0 Å². The third-order valence-electron chi connectivity index (χ3n) is 4.09. The molecule has 3 rings (SSSR count). The minimum Gasteiger partial charge on any atom is -0.359 e. The first-order valence-corrected chi connectivity index (χ1v) is 8.04. The van der Waals surface area contributed by atoms with Crippen molar-refractivity contribution in [3.63, 3.8) is 0 Å². The van der Waals surface area contributed by atoms with Gasteiger partial charge in [0.2, 0.25) is 5.91 Å². The predicted octanol–water partition coefficient (Wildman–Crippen LogP) is 3.80. The predicted molar refractivity (Wildman–Crippen MR) is 84.7 cm³/mol. The zero-order valence-corrected chi connectivity index (χ0v) is 13.3. The maximum Gasteiger partial charge on any atom is 0.227 e. The van der Waals surface area contributed by atoms with E-state index in [1.54, 1.807) is 0 Å². The maximum absolute atomic E-state index is 12.6. The molecule has 0 radical (unpaired) electrons. The number of rotatable bonds is 4. The monoisotopic (exact) mass is 318 g/mol. The summed E-state index contributed by atoms with van der Waals surface area (Å²) >= 11 is 5.98. The summed E-state index contributed by atoms with van der Waals surface area (Å²) in [5.74, 6) is 0.910. The Labute approximate surface area is 135 Å². The molecule has 1 amide bonds. The van der Waals surface area contributed by atoms with Gasteiger partial charge in [-0.25, -0.2) is 0 Å². The average Bonchev–Trinajstić information content (AvgIpc) is 3.16. The highest BCUT2D eigenvalue weighted by Gasteiger charge is 2.32. The lowest BCUT2D eigenvalue weighted by Gasteiger charge is -2.22. The molecule has 1 aromatic carbocycles. The van der Waals surface area contributed by atoms with Crippen molar-refractivity contribution in [1.29, 1.82) is 0 Å². The zero-order chi connectivity index (χ0) is 15.5. The van der Waals surface area contributed by atoms with Crippen molar-refractivity contribution >= 4 is 17.5 Å². The van der Waals surface area contributed by atoms with Crippen molar-refractivity contribution in [2.24, 2.45) is 0 Å². The van der Waals surface area contributed by atoms with Gasteiger partial charge >= 0.3 is 0 Å². The van der Waals surface area contributed by atoms with Crippen molar-refractivity contribution < 1.29 is 9.32 Å². The van der Waals surface area contributed by atoms with Gasteiger partial charge in [-0.3, -0.25) is 4.79 Å². The molecule has 1 saturated heterocycles. The van der Waals surface area contributed by atoms with E-state index < -0.39 is 0 Å². The quantitative estimate of drug-likeness (QED) is 0.861. The van der Waals surface area contributed by atoms with Gasteiger partial charge in [-0.15, -0.1) is 0 Å². The van der Waals surface area contributed by atoms with Crippen LogP contribution in [0.3, 0.4) is 0 Å². The van der Waals surface area contributed by atoms with Gasteiger partial charge in [0.15, 0.2) is 5.76 Å². The van der Waals surface area contributed by atoms with Crippen molar-refractivity contribution in [3.05, 3.63) is 52.4 Å². The van der Waals surface area contributed by atoms with Gasteiger partial charge in [-0.1, -0.05) is 35.8 Å². The Balaban J connectivity index is 1.73. The second-order valence-electron chi connectivity index (χ2n) is 5.63. The molecule has 0 N–H and O–H groups in total. The minimum absolute atomic E-state index is 0.0134. The fourth-order valence-electron chi connectivity index (χ4n) is 2.94. The summed E-state index contributed by atoms with van der Waals surface area (Å²) in [6.45, 7) is 2.81. The lowest BCUT2D eigenvalue weighted by molar-refractivity contribution is -0.131. The number of hydrogen-bond acceptors (Lipinski definition) is 3. The van der Waals surface area contributed by atoms with E-state index in [2.05, 4.69) is 5.16 Å². The molecular weight excluding hydrogens is 300 g/mol. The van der Waals surface area contributed by atoms with E-state index in [4.69, 9.17) is 16.1 Å². The fraction of sp³-hybridized carbons (Fsp3) is 0.412. The highest BCUT2D eigenvalue weighted by molar-refractivity contribution is 6.30. The number of aryl methyl sites for hydroxylation is 1. The van der Waals surface area contributed by atoms with Crippen molar-refractivity contribution in [2.45, 2.75) is 38.6 Å². The largest absolute Gasteiger partial charge is 0.359 e. The smallest absolute Gasteiger partial charge is 0.227 e. The number of benzene rings is 1. The zero-order valence-electron chi connectivity index (χ0n) is 12.6. The molecule has 0 spiro atoms.